The van der Waals surface area contributed by atoms with Crippen molar-refractivity contribution in [2.75, 3.05) is 0 Å². The zero-order valence-corrected chi connectivity index (χ0v) is 8.22. The second kappa shape index (κ2) is 4.15. The maximum atomic E-state index is 9.42. The molecular weight excluding hydrogens is 188 g/mol. The van der Waals surface area contributed by atoms with Crippen molar-refractivity contribution < 1.29 is 10.2 Å². The van der Waals surface area contributed by atoms with E-state index in [2.05, 4.69) is 0 Å². The van der Waals surface area contributed by atoms with Crippen LogP contribution in [0.2, 0.25) is 0 Å². The van der Waals surface area contributed by atoms with Crippen LogP contribution in [-0.2, 0) is 6.61 Å². The van der Waals surface area contributed by atoms with Crippen molar-refractivity contribution in [1.29, 1.82) is 0 Å². The van der Waals surface area contributed by atoms with Gasteiger partial charge < -0.3 is 10.2 Å². The van der Waals surface area contributed by atoms with Crippen LogP contribution in [0, 0.1) is 0 Å². The first kappa shape index (κ1) is 9.74. The normalized spacial score (nSPS) is 10.2. The highest BCUT2D eigenvalue weighted by molar-refractivity contribution is 5.65. The monoisotopic (exact) mass is 200 g/mol. The summed E-state index contributed by atoms with van der Waals surface area (Å²) >= 11 is 0. The maximum absolute atomic E-state index is 9.42. The molecule has 0 bridgehead atoms. The number of benzene rings is 2. The van der Waals surface area contributed by atoms with Crippen LogP contribution in [0.3, 0.4) is 0 Å². The number of aliphatic hydroxyl groups is 1. The molecule has 76 valence electrons. The molecule has 0 fully saturated rings. The zero-order valence-electron chi connectivity index (χ0n) is 8.22. The lowest BCUT2D eigenvalue weighted by molar-refractivity contribution is 0.275. The van der Waals surface area contributed by atoms with Gasteiger partial charge in [-0.15, -0.1) is 0 Å². The molecule has 0 aromatic heterocycles. The van der Waals surface area contributed by atoms with Crippen molar-refractivity contribution in [3.63, 3.8) is 0 Å². The summed E-state index contributed by atoms with van der Waals surface area (Å²) in [5, 5.41) is 18.5. The van der Waals surface area contributed by atoms with Crippen LogP contribution in [0.25, 0.3) is 11.1 Å². The molecule has 2 rings (SSSR count). The van der Waals surface area contributed by atoms with Crippen LogP contribution in [0.15, 0.2) is 48.5 Å². The Balaban J connectivity index is 2.46. The molecular formula is C13H12O2. The largest absolute Gasteiger partial charge is 0.508 e. The average molecular weight is 200 g/mol. The first-order chi connectivity index (χ1) is 7.31. The average Bonchev–Trinajstić information content (AvgIpc) is 2.31. The summed E-state index contributed by atoms with van der Waals surface area (Å²) in [6, 6.07) is 15.1. The van der Waals surface area contributed by atoms with Gasteiger partial charge in [0.1, 0.15) is 5.75 Å². The van der Waals surface area contributed by atoms with Crippen molar-refractivity contribution in [2.45, 2.75) is 6.61 Å². The fourth-order valence-corrected chi connectivity index (χ4v) is 1.52. The highest BCUT2D eigenvalue weighted by atomic mass is 16.3. The van der Waals surface area contributed by atoms with Gasteiger partial charge >= 0.3 is 0 Å². The Hall–Kier alpha value is -1.80. The lowest BCUT2D eigenvalue weighted by Gasteiger charge is -2.05. The van der Waals surface area contributed by atoms with E-state index in [0.29, 0.717) is 5.56 Å². The van der Waals surface area contributed by atoms with E-state index in [4.69, 9.17) is 5.11 Å². The lowest BCUT2D eigenvalue weighted by atomic mass is 10.0. The molecule has 0 saturated carbocycles. The van der Waals surface area contributed by atoms with Crippen molar-refractivity contribution in [1.82, 2.24) is 0 Å². The summed E-state index contributed by atoms with van der Waals surface area (Å²) in [5.74, 6) is 0.136. The van der Waals surface area contributed by atoms with Gasteiger partial charge in [0.05, 0.1) is 6.61 Å². The Morgan fingerprint density at radius 1 is 0.867 bits per heavy atom. The minimum atomic E-state index is -0.146. The van der Waals surface area contributed by atoms with Crippen molar-refractivity contribution >= 4 is 0 Å². The van der Waals surface area contributed by atoms with E-state index in [-0.39, 0.29) is 12.4 Å². The molecule has 0 spiro atoms. The van der Waals surface area contributed by atoms with Crippen LogP contribution in [0.1, 0.15) is 5.56 Å². The fourth-order valence-electron chi connectivity index (χ4n) is 1.52. The summed E-state index contributed by atoms with van der Waals surface area (Å²) in [6.07, 6.45) is 0. The Kier molecular flexibility index (Phi) is 2.70. The Labute approximate surface area is 88.4 Å². The van der Waals surface area contributed by atoms with Gasteiger partial charge in [-0.1, -0.05) is 36.4 Å². The third-order valence-electron chi connectivity index (χ3n) is 2.36. The SMILES string of the molecule is OCc1cc(-c2ccccc2)ccc1O. The van der Waals surface area contributed by atoms with Gasteiger partial charge in [0.15, 0.2) is 0 Å². The van der Waals surface area contributed by atoms with Gasteiger partial charge in [-0.2, -0.15) is 0 Å². The second-order valence-corrected chi connectivity index (χ2v) is 3.37. The highest BCUT2D eigenvalue weighted by Gasteiger charge is 2.02. The molecule has 2 nitrogen and oxygen atoms in total. The molecule has 0 amide bonds. The van der Waals surface area contributed by atoms with Gasteiger partial charge in [-0.05, 0) is 23.3 Å². The van der Waals surface area contributed by atoms with E-state index in [1.165, 1.54) is 0 Å². The molecule has 0 saturated heterocycles. The predicted molar refractivity (Wildman–Crippen MR) is 59.5 cm³/mol. The number of rotatable bonds is 2. The quantitative estimate of drug-likeness (QED) is 0.782. The van der Waals surface area contributed by atoms with Gasteiger partial charge in [0.25, 0.3) is 0 Å². The third kappa shape index (κ3) is 2.00. The molecule has 2 N–H and O–H groups in total. The number of phenols is 1. The molecule has 0 aliphatic carbocycles. The van der Waals surface area contributed by atoms with E-state index in [1.54, 1.807) is 12.1 Å². The van der Waals surface area contributed by atoms with Crippen LogP contribution >= 0.6 is 0 Å². The number of hydrogen-bond donors (Lipinski definition) is 2. The smallest absolute Gasteiger partial charge is 0.121 e. The third-order valence-corrected chi connectivity index (χ3v) is 2.36. The summed E-state index contributed by atoms with van der Waals surface area (Å²) in [5.41, 5.74) is 2.63. The van der Waals surface area contributed by atoms with Crippen LogP contribution < -0.4 is 0 Å². The minimum Gasteiger partial charge on any atom is -0.508 e. The number of hydrogen-bond acceptors (Lipinski definition) is 2. The van der Waals surface area contributed by atoms with Crippen LogP contribution in [0.5, 0.6) is 5.75 Å². The topological polar surface area (TPSA) is 40.5 Å². The molecule has 0 unspecified atom stereocenters. The van der Waals surface area contributed by atoms with E-state index >= 15 is 0 Å². The summed E-state index contributed by atoms with van der Waals surface area (Å²) in [4.78, 5) is 0. The predicted octanol–water partition coefficient (Wildman–Crippen LogP) is 2.55. The Bertz CT molecular complexity index is 449. The molecule has 0 heterocycles. The van der Waals surface area contributed by atoms with E-state index in [9.17, 15) is 5.11 Å². The van der Waals surface area contributed by atoms with Gasteiger partial charge in [0.2, 0.25) is 0 Å². The molecule has 0 radical (unpaired) electrons. The molecule has 15 heavy (non-hydrogen) atoms. The molecule has 0 aliphatic heterocycles. The van der Waals surface area contributed by atoms with Gasteiger partial charge in [-0.3, -0.25) is 0 Å². The fraction of sp³-hybridized carbons (Fsp3) is 0.0769. The molecule has 2 aromatic carbocycles. The molecule has 0 atom stereocenters. The summed E-state index contributed by atoms with van der Waals surface area (Å²) in [7, 11) is 0. The molecule has 2 aromatic rings. The second-order valence-electron chi connectivity index (χ2n) is 3.37. The lowest BCUT2D eigenvalue weighted by Crippen LogP contribution is -1.85. The minimum absolute atomic E-state index is 0.136. The van der Waals surface area contributed by atoms with E-state index in [1.807, 2.05) is 36.4 Å². The van der Waals surface area contributed by atoms with Crippen molar-refractivity contribution in [3.8, 4) is 16.9 Å². The summed E-state index contributed by atoms with van der Waals surface area (Å²) in [6.45, 7) is -0.146. The number of aliphatic hydroxyl groups excluding tert-OH is 1. The van der Waals surface area contributed by atoms with E-state index in [0.717, 1.165) is 11.1 Å². The van der Waals surface area contributed by atoms with Crippen LogP contribution in [-0.4, -0.2) is 10.2 Å². The molecule has 2 heteroatoms. The molecule has 0 aliphatic rings. The maximum Gasteiger partial charge on any atom is 0.121 e. The standard InChI is InChI=1S/C13H12O2/c14-9-12-8-11(6-7-13(12)15)10-4-2-1-3-5-10/h1-8,14-15H,9H2. The van der Waals surface area contributed by atoms with Crippen molar-refractivity contribution in [2.24, 2.45) is 0 Å². The Morgan fingerprint density at radius 2 is 1.60 bits per heavy atom. The first-order valence-corrected chi connectivity index (χ1v) is 4.79. The van der Waals surface area contributed by atoms with Crippen LogP contribution in [0.4, 0.5) is 0 Å². The van der Waals surface area contributed by atoms with E-state index < -0.39 is 0 Å². The van der Waals surface area contributed by atoms with Gasteiger partial charge in [-0.25, -0.2) is 0 Å². The summed E-state index contributed by atoms with van der Waals surface area (Å²) < 4.78 is 0. The number of aromatic hydroxyl groups is 1. The Morgan fingerprint density at radius 3 is 2.27 bits per heavy atom. The highest BCUT2D eigenvalue weighted by Crippen LogP contribution is 2.25. The van der Waals surface area contributed by atoms with Crippen molar-refractivity contribution in [3.05, 3.63) is 54.1 Å². The van der Waals surface area contributed by atoms with Gasteiger partial charge in [0, 0.05) is 5.56 Å². The zero-order chi connectivity index (χ0) is 10.7. The first-order valence-electron chi connectivity index (χ1n) is 4.79.